The molecule has 0 aromatic rings. The lowest BCUT2D eigenvalue weighted by molar-refractivity contribution is 0.458. The molecular weight excluding hydrogens is 186 g/mol. The van der Waals surface area contributed by atoms with Crippen molar-refractivity contribution in [3.05, 3.63) is 0 Å². The fourth-order valence-corrected chi connectivity index (χ4v) is 2.07. The Morgan fingerprint density at radius 3 is 2.27 bits per heavy atom. The maximum atomic E-state index is 3.54. The van der Waals surface area contributed by atoms with E-state index in [4.69, 9.17) is 0 Å². The molecule has 1 aliphatic heterocycles. The molecule has 3 N–H and O–H groups in total. The number of hydrogen-bond donors (Lipinski definition) is 3. The van der Waals surface area contributed by atoms with Gasteiger partial charge in [0.05, 0.1) is 0 Å². The predicted molar refractivity (Wildman–Crippen MR) is 66.3 cm³/mol. The van der Waals surface area contributed by atoms with Crippen molar-refractivity contribution in [1.82, 2.24) is 16.0 Å². The van der Waals surface area contributed by atoms with Gasteiger partial charge in [0.25, 0.3) is 0 Å². The van der Waals surface area contributed by atoms with Crippen LogP contribution in [0.25, 0.3) is 0 Å². The summed E-state index contributed by atoms with van der Waals surface area (Å²) in [5, 5.41) is 10.4. The van der Waals surface area contributed by atoms with Crippen LogP contribution in [0.1, 0.15) is 38.5 Å². The zero-order valence-electron chi connectivity index (χ0n) is 10.1. The molecule has 0 unspecified atom stereocenters. The van der Waals surface area contributed by atoms with Crippen molar-refractivity contribution in [3.8, 4) is 0 Å². The lowest BCUT2D eigenvalue weighted by Crippen LogP contribution is -2.36. The second-order valence-electron chi connectivity index (χ2n) is 4.50. The molecule has 0 bridgehead atoms. The Morgan fingerprint density at radius 1 is 0.867 bits per heavy atom. The standard InChI is InChI=1S/C12H27N3/c1-13-12-7-3-6-9-14-8-4-2-5-10-15-11-12/h12-15H,2-11H2,1H3/t12-/m0/s1. The lowest BCUT2D eigenvalue weighted by atomic mass is 10.1. The molecule has 1 rings (SSSR count). The van der Waals surface area contributed by atoms with Crippen molar-refractivity contribution in [1.29, 1.82) is 0 Å². The molecule has 0 amide bonds. The largest absolute Gasteiger partial charge is 0.317 e. The fraction of sp³-hybridized carbons (Fsp3) is 1.00. The predicted octanol–water partition coefficient (Wildman–Crippen LogP) is 1.11. The second-order valence-corrected chi connectivity index (χ2v) is 4.50. The van der Waals surface area contributed by atoms with Crippen LogP contribution in [0.4, 0.5) is 0 Å². The Hall–Kier alpha value is -0.120. The van der Waals surface area contributed by atoms with E-state index in [-0.39, 0.29) is 0 Å². The summed E-state index contributed by atoms with van der Waals surface area (Å²) in [6, 6.07) is 0.658. The molecule has 0 spiro atoms. The van der Waals surface area contributed by atoms with Gasteiger partial charge < -0.3 is 16.0 Å². The molecule has 1 atom stereocenters. The topological polar surface area (TPSA) is 36.1 Å². The zero-order chi connectivity index (χ0) is 10.8. The summed E-state index contributed by atoms with van der Waals surface area (Å²) in [6.45, 7) is 4.71. The van der Waals surface area contributed by atoms with Gasteiger partial charge in [0.15, 0.2) is 0 Å². The van der Waals surface area contributed by atoms with E-state index in [1.54, 1.807) is 0 Å². The van der Waals surface area contributed by atoms with Gasteiger partial charge in [-0.2, -0.15) is 0 Å². The average molecular weight is 213 g/mol. The lowest BCUT2D eigenvalue weighted by Gasteiger charge is -2.16. The third-order valence-corrected chi connectivity index (χ3v) is 3.16. The first kappa shape index (κ1) is 12.9. The molecule has 90 valence electrons. The van der Waals surface area contributed by atoms with Gasteiger partial charge in [-0.3, -0.25) is 0 Å². The SMILES string of the molecule is CN[C@H]1CCCCNCCCCCNC1. The Balaban J connectivity index is 2.17. The Labute approximate surface area is 94.4 Å². The third kappa shape index (κ3) is 6.88. The van der Waals surface area contributed by atoms with E-state index in [0.717, 1.165) is 6.54 Å². The van der Waals surface area contributed by atoms with Crippen LogP contribution in [0.15, 0.2) is 0 Å². The van der Waals surface area contributed by atoms with E-state index in [1.807, 2.05) is 0 Å². The maximum absolute atomic E-state index is 3.54. The highest BCUT2D eigenvalue weighted by Gasteiger charge is 2.05. The van der Waals surface area contributed by atoms with E-state index < -0.39 is 0 Å². The molecule has 1 heterocycles. The van der Waals surface area contributed by atoms with Gasteiger partial charge in [-0.1, -0.05) is 12.8 Å². The maximum Gasteiger partial charge on any atom is 0.0189 e. The first-order chi connectivity index (χ1) is 7.43. The highest BCUT2D eigenvalue weighted by Crippen LogP contribution is 2.01. The van der Waals surface area contributed by atoms with Gasteiger partial charge in [0.1, 0.15) is 0 Å². The quantitative estimate of drug-likeness (QED) is 0.611. The van der Waals surface area contributed by atoms with E-state index >= 15 is 0 Å². The molecule has 1 saturated heterocycles. The van der Waals surface area contributed by atoms with E-state index in [0.29, 0.717) is 6.04 Å². The zero-order valence-corrected chi connectivity index (χ0v) is 10.1. The fourth-order valence-electron chi connectivity index (χ4n) is 2.07. The van der Waals surface area contributed by atoms with Gasteiger partial charge in [-0.05, 0) is 52.4 Å². The Bertz CT molecular complexity index is 125. The van der Waals surface area contributed by atoms with Crippen LogP contribution in [0.2, 0.25) is 0 Å². The molecule has 3 heteroatoms. The molecule has 0 aromatic carbocycles. The molecule has 1 fully saturated rings. The van der Waals surface area contributed by atoms with Crippen LogP contribution in [-0.4, -0.2) is 39.3 Å². The van der Waals surface area contributed by atoms with Crippen molar-refractivity contribution in [2.24, 2.45) is 0 Å². The number of likely N-dealkylation sites (N-methyl/N-ethyl adjacent to an activating group) is 1. The van der Waals surface area contributed by atoms with Crippen molar-refractivity contribution in [3.63, 3.8) is 0 Å². The van der Waals surface area contributed by atoms with Gasteiger partial charge in [0, 0.05) is 12.6 Å². The molecule has 1 aliphatic rings. The van der Waals surface area contributed by atoms with E-state index in [9.17, 15) is 0 Å². The summed E-state index contributed by atoms with van der Waals surface area (Å²) in [5.74, 6) is 0. The smallest absolute Gasteiger partial charge is 0.0189 e. The minimum atomic E-state index is 0.658. The van der Waals surface area contributed by atoms with E-state index in [1.165, 1.54) is 58.2 Å². The normalized spacial score (nSPS) is 27.4. The van der Waals surface area contributed by atoms with Crippen molar-refractivity contribution in [2.45, 2.75) is 44.6 Å². The van der Waals surface area contributed by atoms with Gasteiger partial charge in [-0.15, -0.1) is 0 Å². The van der Waals surface area contributed by atoms with E-state index in [2.05, 4.69) is 23.0 Å². The van der Waals surface area contributed by atoms with Crippen LogP contribution in [-0.2, 0) is 0 Å². The molecule has 3 nitrogen and oxygen atoms in total. The van der Waals surface area contributed by atoms with Crippen LogP contribution < -0.4 is 16.0 Å². The molecule has 0 saturated carbocycles. The van der Waals surface area contributed by atoms with Crippen LogP contribution in [0, 0.1) is 0 Å². The summed E-state index contributed by atoms with van der Waals surface area (Å²) in [7, 11) is 2.07. The molecule has 15 heavy (non-hydrogen) atoms. The minimum absolute atomic E-state index is 0.658. The summed E-state index contributed by atoms with van der Waals surface area (Å²) >= 11 is 0. The summed E-state index contributed by atoms with van der Waals surface area (Å²) in [5.41, 5.74) is 0. The molecular formula is C12H27N3. The Morgan fingerprint density at radius 2 is 1.53 bits per heavy atom. The third-order valence-electron chi connectivity index (χ3n) is 3.16. The summed E-state index contributed by atoms with van der Waals surface area (Å²) in [6.07, 6.45) is 7.95. The molecule has 0 radical (unpaired) electrons. The summed E-state index contributed by atoms with van der Waals surface area (Å²) in [4.78, 5) is 0. The number of rotatable bonds is 1. The van der Waals surface area contributed by atoms with Crippen molar-refractivity contribution in [2.75, 3.05) is 33.2 Å². The van der Waals surface area contributed by atoms with Gasteiger partial charge >= 0.3 is 0 Å². The highest BCUT2D eigenvalue weighted by atomic mass is 15.0. The van der Waals surface area contributed by atoms with Crippen molar-refractivity contribution < 1.29 is 0 Å². The van der Waals surface area contributed by atoms with Crippen molar-refractivity contribution >= 4 is 0 Å². The number of hydrogen-bond acceptors (Lipinski definition) is 3. The first-order valence-electron chi connectivity index (χ1n) is 6.52. The van der Waals surface area contributed by atoms with Gasteiger partial charge in [-0.25, -0.2) is 0 Å². The average Bonchev–Trinajstić information content (AvgIpc) is 2.29. The van der Waals surface area contributed by atoms with Crippen LogP contribution >= 0.6 is 0 Å². The molecule has 0 aromatic heterocycles. The number of nitrogens with one attached hydrogen (secondary N) is 3. The monoisotopic (exact) mass is 213 g/mol. The highest BCUT2D eigenvalue weighted by molar-refractivity contribution is 4.68. The molecule has 0 aliphatic carbocycles. The Kier molecular flexibility index (Phi) is 7.88. The van der Waals surface area contributed by atoms with Gasteiger partial charge in [0.2, 0.25) is 0 Å². The first-order valence-corrected chi connectivity index (χ1v) is 6.52. The van der Waals surface area contributed by atoms with Crippen LogP contribution in [0.5, 0.6) is 0 Å². The second kappa shape index (κ2) is 9.13. The minimum Gasteiger partial charge on any atom is -0.317 e. The summed E-state index contributed by atoms with van der Waals surface area (Å²) < 4.78 is 0. The van der Waals surface area contributed by atoms with Crippen LogP contribution in [0.3, 0.4) is 0 Å².